The van der Waals surface area contributed by atoms with E-state index in [1.807, 2.05) is 6.07 Å². The van der Waals surface area contributed by atoms with Crippen LogP contribution in [-0.4, -0.2) is 45.0 Å². The summed E-state index contributed by atoms with van der Waals surface area (Å²) in [4.78, 5) is 12.3. The Morgan fingerprint density at radius 2 is 1.78 bits per heavy atom. The van der Waals surface area contributed by atoms with E-state index < -0.39 is 16.0 Å². The molecule has 2 aromatic carbocycles. The summed E-state index contributed by atoms with van der Waals surface area (Å²) in [7, 11) is -3.60. The highest BCUT2D eigenvalue weighted by atomic mass is 32.2. The smallest absolute Gasteiger partial charge is 0.338 e. The number of nitrogens with zero attached hydrogens (tertiary/aromatic N) is 2. The van der Waals surface area contributed by atoms with Crippen LogP contribution in [-0.2, 0) is 26.1 Å². The number of carbonyl (C=O) groups is 1. The van der Waals surface area contributed by atoms with Crippen molar-refractivity contribution in [1.82, 2.24) is 4.31 Å². The van der Waals surface area contributed by atoms with E-state index in [2.05, 4.69) is 0 Å². The topological polar surface area (TPSA) is 96.7 Å². The third kappa shape index (κ3) is 4.34. The Labute approximate surface area is 157 Å². The number of nitriles is 1. The molecule has 0 N–H and O–H groups in total. The van der Waals surface area contributed by atoms with Crippen LogP contribution >= 0.6 is 0 Å². The fourth-order valence-corrected chi connectivity index (χ4v) is 4.09. The molecule has 0 aliphatic carbocycles. The number of esters is 1. The zero-order chi connectivity index (χ0) is 19.3. The number of hydrogen-bond donors (Lipinski definition) is 0. The largest absolute Gasteiger partial charge is 0.457 e. The van der Waals surface area contributed by atoms with Gasteiger partial charge in [-0.25, -0.2) is 13.2 Å². The number of benzene rings is 2. The number of sulfonamides is 1. The summed E-state index contributed by atoms with van der Waals surface area (Å²) in [6.07, 6.45) is 0. The van der Waals surface area contributed by atoms with Crippen molar-refractivity contribution in [2.75, 3.05) is 26.3 Å². The third-order valence-corrected chi connectivity index (χ3v) is 6.11. The number of carbonyl (C=O) groups excluding carboxylic acids is 1. The molecule has 7 nitrogen and oxygen atoms in total. The van der Waals surface area contributed by atoms with Crippen LogP contribution in [0.1, 0.15) is 21.5 Å². The first-order valence-corrected chi connectivity index (χ1v) is 9.79. The average molecular weight is 386 g/mol. The predicted octanol–water partition coefficient (Wildman–Crippen LogP) is 1.94. The van der Waals surface area contributed by atoms with Crippen molar-refractivity contribution in [3.05, 3.63) is 65.2 Å². The number of ether oxygens (including phenoxy) is 2. The highest BCUT2D eigenvalue weighted by molar-refractivity contribution is 7.89. The fraction of sp³-hybridized carbons (Fsp3) is 0.263. The molecule has 0 bridgehead atoms. The minimum Gasteiger partial charge on any atom is -0.457 e. The SMILES string of the molecule is N#Cc1ccccc1COC(=O)c1ccc(S(=O)(=O)N2CCOCC2)cc1. The van der Waals surface area contributed by atoms with E-state index in [-0.39, 0.29) is 17.1 Å². The molecule has 0 atom stereocenters. The quantitative estimate of drug-likeness (QED) is 0.729. The van der Waals surface area contributed by atoms with Crippen LogP contribution < -0.4 is 0 Å². The van der Waals surface area contributed by atoms with Crippen molar-refractivity contribution in [2.24, 2.45) is 0 Å². The summed E-state index contributed by atoms with van der Waals surface area (Å²) in [5.74, 6) is -0.585. The summed E-state index contributed by atoms with van der Waals surface area (Å²) >= 11 is 0. The Kier molecular flexibility index (Phi) is 5.86. The van der Waals surface area contributed by atoms with Gasteiger partial charge < -0.3 is 9.47 Å². The highest BCUT2D eigenvalue weighted by Gasteiger charge is 2.26. The number of hydrogen-bond acceptors (Lipinski definition) is 6. The van der Waals surface area contributed by atoms with E-state index in [0.29, 0.717) is 37.4 Å². The van der Waals surface area contributed by atoms with Gasteiger partial charge in [-0.2, -0.15) is 9.57 Å². The second-order valence-corrected chi connectivity index (χ2v) is 7.82. The van der Waals surface area contributed by atoms with Gasteiger partial charge in [-0.15, -0.1) is 0 Å². The van der Waals surface area contributed by atoms with Gasteiger partial charge in [0.2, 0.25) is 10.0 Å². The summed E-state index contributed by atoms with van der Waals surface area (Å²) in [6, 6.07) is 14.5. The van der Waals surface area contributed by atoms with Gasteiger partial charge in [-0.3, -0.25) is 0 Å². The number of rotatable bonds is 5. The molecule has 1 aliphatic heterocycles. The lowest BCUT2D eigenvalue weighted by molar-refractivity contribution is 0.0472. The molecule has 1 heterocycles. The monoisotopic (exact) mass is 386 g/mol. The first kappa shape index (κ1) is 19.0. The van der Waals surface area contributed by atoms with Crippen molar-refractivity contribution in [1.29, 1.82) is 5.26 Å². The van der Waals surface area contributed by atoms with Gasteiger partial charge >= 0.3 is 5.97 Å². The molecule has 1 fully saturated rings. The Bertz CT molecular complexity index is 958. The highest BCUT2D eigenvalue weighted by Crippen LogP contribution is 2.18. The van der Waals surface area contributed by atoms with Gasteiger partial charge in [0.1, 0.15) is 6.61 Å². The molecule has 1 aliphatic rings. The minimum atomic E-state index is -3.60. The van der Waals surface area contributed by atoms with Crippen LogP contribution in [0.5, 0.6) is 0 Å². The lowest BCUT2D eigenvalue weighted by atomic mass is 10.1. The second kappa shape index (κ2) is 8.31. The Hall–Kier alpha value is -2.73. The molecule has 0 spiro atoms. The first-order chi connectivity index (χ1) is 13.0. The Balaban J connectivity index is 1.68. The molecule has 27 heavy (non-hydrogen) atoms. The summed E-state index contributed by atoms with van der Waals surface area (Å²) < 4.78 is 36.9. The normalized spacial score (nSPS) is 15.1. The minimum absolute atomic E-state index is 0.0314. The maximum atomic E-state index is 12.6. The zero-order valence-corrected chi connectivity index (χ0v) is 15.3. The Morgan fingerprint density at radius 1 is 1.11 bits per heavy atom. The van der Waals surface area contributed by atoms with E-state index in [4.69, 9.17) is 14.7 Å². The van der Waals surface area contributed by atoms with E-state index in [1.54, 1.807) is 24.3 Å². The molecular formula is C19H18N2O5S. The molecule has 0 amide bonds. The molecule has 8 heteroatoms. The molecule has 0 unspecified atom stereocenters. The van der Waals surface area contributed by atoms with Crippen LogP contribution in [0.4, 0.5) is 0 Å². The molecule has 140 valence electrons. The second-order valence-electron chi connectivity index (χ2n) is 5.89. The fourth-order valence-electron chi connectivity index (χ4n) is 2.68. The Morgan fingerprint density at radius 3 is 2.44 bits per heavy atom. The van der Waals surface area contributed by atoms with Gasteiger partial charge in [0.15, 0.2) is 0 Å². The van der Waals surface area contributed by atoms with Crippen LogP contribution in [0, 0.1) is 11.3 Å². The summed E-state index contributed by atoms with van der Waals surface area (Å²) in [5, 5.41) is 9.06. The van der Waals surface area contributed by atoms with Crippen molar-refractivity contribution in [3.8, 4) is 6.07 Å². The predicted molar refractivity (Wildman–Crippen MR) is 96.3 cm³/mol. The summed E-state index contributed by atoms with van der Waals surface area (Å²) in [5.41, 5.74) is 1.29. The molecule has 0 radical (unpaired) electrons. The summed E-state index contributed by atoms with van der Waals surface area (Å²) in [6.45, 7) is 1.33. The lowest BCUT2D eigenvalue weighted by Crippen LogP contribution is -2.40. The van der Waals surface area contributed by atoms with Gasteiger partial charge in [-0.1, -0.05) is 18.2 Å². The van der Waals surface area contributed by atoms with Crippen LogP contribution in [0.25, 0.3) is 0 Å². The molecule has 0 aromatic heterocycles. The zero-order valence-electron chi connectivity index (χ0n) is 14.5. The maximum Gasteiger partial charge on any atom is 0.338 e. The lowest BCUT2D eigenvalue weighted by Gasteiger charge is -2.26. The molecule has 0 saturated carbocycles. The molecule has 1 saturated heterocycles. The molecular weight excluding hydrogens is 368 g/mol. The van der Waals surface area contributed by atoms with E-state index >= 15 is 0 Å². The average Bonchev–Trinajstić information content (AvgIpc) is 2.73. The van der Waals surface area contributed by atoms with Gasteiger partial charge in [0.05, 0.1) is 35.3 Å². The first-order valence-electron chi connectivity index (χ1n) is 8.35. The van der Waals surface area contributed by atoms with Crippen molar-refractivity contribution in [2.45, 2.75) is 11.5 Å². The van der Waals surface area contributed by atoms with E-state index in [9.17, 15) is 13.2 Å². The maximum absolute atomic E-state index is 12.6. The van der Waals surface area contributed by atoms with Gasteiger partial charge in [0, 0.05) is 18.7 Å². The number of morpholine rings is 1. The van der Waals surface area contributed by atoms with Crippen LogP contribution in [0.15, 0.2) is 53.4 Å². The van der Waals surface area contributed by atoms with Gasteiger partial charge in [0.25, 0.3) is 0 Å². The van der Waals surface area contributed by atoms with Crippen LogP contribution in [0.3, 0.4) is 0 Å². The third-order valence-electron chi connectivity index (χ3n) is 4.19. The molecule has 3 rings (SSSR count). The van der Waals surface area contributed by atoms with Gasteiger partial charge in [-0.05, 0) is 30.3 Å². The van der Waals surface area contributed by atoms with E-state index in [1.165, 1.54) is 28.6 Å². The van der Waals surface area contributed by atoms with Crippen molar-refractivity contribution >= 4 is 16.0 Å². The van der Waals surface area contributed by atoms with E-state index in [0.717, 1.165) is 0 Å². The molecule has 2 aromatic rings. The standard InChI is InChI=1S/C19H18N2O5S/c20-13-16-3-1-2-4-17(16)14-26-19(22)15-5-7-18(8-6-15)27(23,24)21-9-11-25-12-10-21/h1-8H,9-12,14H2. The van der Waals surface area contributed by atoms with Crippen LogP contribution in [0.2, 0.25) is 0 Å². The van der Waals surface area contributed by atoms with Crippen molar-refractivity contribution < 1.29 is 22.7 Å². The van der Waals surface area contributed by atoms with Crippen molar-refractivity contribution in [3.63, 3.8) is 0 Å².